The zero-order valence-electron chi connectivity index (χ0n) is 10.2. The standard InChI is InChI=1S/C13H15FN4/c1-9-6-10(2-3-11(9)14)12-7-13(16-5-4-15)18-8-17-12/h2-3,6-8H,4-5,15H2,1H3,(H,16,17,18). The lowest BCUT2D eigenvalue weighted by molar-refractivity contribution is 0.619. The van der Waals surface area contributed by atoms with Crippen LogP contribution < -0.4 is 11.1 Å². The predicted octanol–water partition coefficient (Wildman–Crippen LogP) is 1.96. The van der Waals surface area contributed by atoms with Gasteiger partial charge < -0.3 is 11.1 Å². The molecule has 1 aromatic heterocycles. The van der Waals surface area contributed by atoms with Crippen LogP contribution >= 0.6 is 0 Å². The van der Waals surface area contributed by atoms with Crippen LogP contribution in [0.2, 0.25) is 0 Å². The SMILES string of the molecule is Cc1cc(-c2cc(NCCN)ncn2)ccc1F. The molecule has 2 aromatic rings. The van der Waals surface area contributed by atoms with Crippen molar-refractivity contribution >= 4 is 5.82 Å². The molecule has 0 amide bonds. The van der Waals surface area contributed by atoms with Gasteiger partial charge in [-0.25, -0.2) is 14.4 Å². The van der Waals surface area contributed by atoms with Gasteiger partial charge in [0.25, 0.3) is 0 Å². The summed E-state index contributed by atoms with van der Waals surface area (Å²) in [7, 11) is 0. The summed E-state index contributed by atoms with van der Waals surface area (Å²) in [5.74, 6) is 0.502. The van der Waals surface area contributed by atoms with Gasteiger partial charge in [-0.15, -0.1) is 0 Å². The molecule has 0 aliphatic heterocycles. The number of benzene rings is 1. The summed E-state index contributed by atoms with van der Waals surface area (Å²) < 4.78 is 13.2. The molecule has 1 heterocycles. The Morgan fingerprint density at radius 2 is 2.11 bits per heavy atom. The Hall–Kier alpha value is -2.01. The Morgan fingerprint density at radius 3 is 2.83 bits per heavy atom. The van der Waals surface area contributed by atoms with Gasteiger partial charge in [0.15, 0.2) is 0 Å². The highest BCUT2D eigenvalue weighted by molar-refractivity contribution is 5.62. The lowest BCUT2D eigenvalue weighted by atomic mass is 10.1. The molecule has 0 saturated heterocycles. The van der Waals surface area contributed by atoms with E-state index < -0.39 is 0 Å². The summed E-state index contributed by atoms with van der Waals surface area (Å²) in [4.78, 5) is 8.27. The lowest BCUT2D eigenvalue weighted by Gasteiger charge is -2.06. The van der Waals surface area contributed by atoms with Crippen LogP contribution in [0.5, 0.6) is 0 Å². The van der Waals surface area contributed by atoms with Crippen LogP contribution in [0, 0.1) is 12.7 Å². The highest BCUT2D eigenvalue weighted by Gasteiger charge is 2.04. The summed E-state index contributed by atoms with van der Waals surface area (Å²) in [6, 6.07) is 6.74. The van der Waals surface area contributed by atoms with Gasteiger partial charge in [0.05, 0.1) is 5.69 Å². The number of aryl methyl sites for hydroxylation is 1. The van der Waals surface area contributed by atoms with Gasteiger partial charge in [-0.1, -0.05) is 0 Å². The number of hydrogen-bond donors (Lipinski definition) is 2. The van der Waals surface area contributed by atoms with E-state index in [-0.39, 0.29) is 5.82 Å². The molecule has 0 aliphatic carbocycles. The maximum atomic E-state index is 13.2. The monoisotopic (exact) mass is 246 g/mol. The third-order valence-electron chi connectivity index (χ3n) is 2.57. The molecular formula is C13H15FN4. The van der Waals surface area contributed by atoms with Crippen LogP contribution in [0.3, 0.4) is 0 Å². The smallest absolute Gasteiger partial charge is 0.129 e. The molecule has 0 saturated carbocycles. The molecule has 3 N–H and O–H groups in total. The maximum Gasteiger partial charge on any atom is 0.129 e. The van der Waals surface area contributed by atoms with Crippen molar-refractivity contribution in [2.45, 2.75) is 6.92 Å². The molecule has 18 heavy (non-hydrogen) atoms. The molecule has 1 aromatic carbocycles. The average Bonchev–Trinajstić information content (AvgIpc) is 2.40. The molecule has 0 unspecified atom stereocenters. The van der Waals surface area contributed by atoms with E-state index in [4.69, 9.17) is 5.73 Å². The Bertz CT molecular complexity index is 542. The third kappa shape index (κ3) is 2.81. The molecule has 94 valence electrons. The first kappa shape index (κ1) is 12.4. The largest absolute Gasteiger partial charge is 0.369 e. The Morgan fingerprint density at radius 1 is 1.28 bits per heavy atom. The van der Waals surface area contributed by atoms with E-state index in [1.54, 1.807) is 19.1 Å². The van der Waals surface area contributed by atoms with E-state index in [1.807, 2.05) is 6.07 Å². The van der Waals surface area contributed by atoms with Gasteiger partial charge in [-0.2, -0.15) is 0 Å². The summed E-state index contributed by atoms with van der Waals surface area (Å²) >= 11 is 0. The fraction of sp³-hybridized carbons (Fsp3) is 0.231. The van der Waals surface area contributed by atoms with Crippen molar-refractivity contribution in [1.82, 2.24) is 9.97 Å². The fourth-order valence-corrected chi connectivity index (χ4v) is 1.62. The first-order valence-corrected chi connectivity index (χ1v) is 5.73. The second kappa shape index (κ2) is 5.55. The van der Waals surface area contributed by atoms with Gasteiger partial charge in [0, 0.05) is 24.7 Å². The van der Waals surface area contributed by atoms with Gasteiger partial charge in [-0.3, -0.25) is 0 Å². The number of rotatable bonds is 4. The third-order valence-corrected chi connectivity index (χ3v) is 2.57. The van der Waals surface area contributed by atoms with Crippen LogP contribution in [0.4, 0.5) is 10.2 Å². The highest BCUT2D eigenvalue weighted by Crippen LogP contribution is 2.21. The zero-order chi connectivity index (χ0) is 13.0. The molecule has 4 nitrogen and oxygen atoms in total. The lowest BCUT2D eigenvalue weighted by Crippen LogP contribution is -2.13. The van der Waals surface area contributed by atoms with Gasteiger partial charge in [0.1, 0.15) is 18.0 Å². The Labute approximate surface area is 105 Å². The second-order valence-corrected chi connectivity index (χ2v) is 3.97. The Kier molecular flexibility index (Phi) is 3.84. The van der Waals surface area contributed by atoms with Crippen molar-refractivity contribution in [2.24, 2.45) is 5.73 Å². The van der Waals surface area contributed by atoms with Gasteiger partial charge >= 0.3 is 0 Å². The second-order valence-electron chi connectivity index (χ2n) is 3.97. The van der Waals surface area contributed by atoms with Crippen LogP contribution in [0.15, 0.2) is 30.6 Å². The van der Waals surface area contributed by atoms with Crippen LogP contribution in [0.1, 0.15) is 5.56 Å². The molecule has 0 atom stereocenters. The molecule has 0 bridgehead atoms. The summed E-state index contributed by atoms with van der Waals surface area (Å²) in [6.45, 7) is 2.92. The van der Waals surface area contributed by atoms with Crippen LogP contribution in [-0.2, 0) is 0 Å². The van der Waals surface area contributed by atoms with E-state index in [2.05, 4.69) is 15.3 Å². The zero-order valence-corrected chi connectivity index (χ0v) is 10.2. The van der Waals surface area contributed by atoms with Gasteiger partial charge in [0.2, 0.25) is 0 Å². The minimum absolute atomic E-state index is 0.214. The number of aromatic nitrogens is 2. The normalized spacial score (nSPS) is 10.4. The van der Waals surface area contributed by atoms with Gasteiger partial charge in [-0.05, 0) is 30.7 Å². The topological polar surface area (TPSA) is 63.8 Å². The van der Waals surface area contributed by atoms with Crippen molar-refractivity contribution in [3.63, 3.8) is 0 Å². The number of nitrogens with two attached hydrogens (primary N) is 1. The highest BCUT2D eigenvalue weighted by atomic mass is 19.1. The summed E-state index contributed by atoms with van der Waals surface area (Å²) in [6.07, 6.45) is 1.48. The number of anilines is 1. The average molecular weight is 246 g/mol. The van der Waals surface area contributed by atoms with Crippen LogP contribution in [0.25, 0.3) is 11.3 Å². The summed E-state index contributed by atoms with van der Waals surface area (Å²) in [5.41, 5.74) is 7.64. The molecule has 0 fully saturated rings. The number of nitrogens with one attached hydrogen (secondary N) is 1. The van der Waals surface area contributed by atoms with Crippen LogP contribution in [-0.4, -0.2) is 23.1 Å². The molecule has 0 spiro atoms. The van der Waals surface area contributed by atoms with E-state index in [0.29, 0.717) is 24.5 Å². The van der Waals surface area contributed by atoms with Crippen molar-refractivity contribution in [1.29, 1.82) is 0 Å². The maximum absolute atomic E-state index is 13.2. The fourth-order valence-electron chi connectivity index (χ4n) is 1.62. The molecule has 0 radical (unpaired) electrons. The number of halogens is 1. The van der Waals surface area contributed by atoms with E-state index in [9.17, 15) is 4.39 Å². The minimum Gasteiger partial charge on any atom is -0.369 e. The van der Waals surface area contributed by atoms with E-state index >= 15 is 0 Å². The first-order chi connectivity index (χ1) is 8.70. The minimum atomic E-state index is -0.214. The predicted molar refractivity (Wildman–Crippen MR) is 69.7 cm³/mol. The van der Waals surface area contributed by atoms with Crippen molar-refractivity contribution in [3.8, 4) is 11.3 Å². The molecular weight excluding hydrogens is 231 g/mol. The van der Waals surface area contributed by atoms with E-state index in [1.165, 1.54) is 12.4 Å². The molecule has 5 heteroatoms. The quantitative estimate of drug-likeness (QED) is 0.865. The van der Waals surface area contributed by atoms with E-state index in [0.717, 1.165) is 11.3 Å². The number of hydrogen-bond acceptors (Lipinski definition) is 4. The molecule has 0 aliphatic rings. The molecule has 2 rings (SSSR count). The van der Waals surface area contributed by atoms with Crippen molar-refractivity contribution in [3.05, 3.63) is 42.0 Å². The first-order valence-electron chi connectivity index (χ1n) is 5.73. The Balaban J connectivity index is 2.29. The number of nitrogens with zero attached hydrogens (tertiary/aromatic N) is 2. The summed E-state index contributed by atoms with van der Waals surface area (Å²) in [5, 5.41) is 3.08. The van der Waals surface area contributed by atoms with Crippen molar-refractivity contribution in [2.75, 3.05) is 18.4 Å². The van der Waals surface area contributed by atoms with Crippen molar-refractivity contribution < 1.29 is 4.39 Å².